The van der Waals surface area contributed by atoms with E-state index in [1.54, 1.807) is 32.4 Å². The highest BCUT2D eigenvalue weighted by Gasteiger charge is 2.20. The molecule has 1 N–H and O–H groups in total. The zero-order valence-corrected chi connectivity index (χ0v) is 17.0. The van der Waals surface area contributed by atoms with Gasteiger partial charge in [-0.2, -0.15) is 0 Å². The minimum atomic E-state index is -0.361. The van der Waals surface area contributed by atoms with Crippen LogP contribution in [-0.4, -0.2) is 40.1 Å². The summed E-state index contributed by atoms with van der Waals surface area (Å²) >= 11 is 1.35. The standard InChI is InChI=1S/C20H22N4O3S/c1-13(19(25)21-15-10-11-16(26-3)17(12-15)27-4)28-20-23-22-18(24(20)2)14-8-6-5-7-9-14/h5-13H,1-4H3,(H,21,25)/t13-/m0/s1. The van der Waals surface area contributed by atoms with Gasteiger partial charge in [-0.1, -0.05) is 42.1 Å². The number of ether oxygens (including phenoxy) is 2. The molecule has 0 aliphatic heterocycles. The van der Waals surface area contributed by atoms with Crippen molar-refractivity contribution in [1.82, 2.24) is 14.8 Å². The van der Waals surface area contributed by atoms with E-state index in [1.807, 2.05) is 48.9 Å². The first-order valence-corrected chi connectivity index (χ1v) is 9.55. The molecule has 8 heteroatoms. The number of anilines is 1. The Morgan fingerprint density at radius 2 is 1.79 bits per heavy atom. The van der Waals surface area contributed by atoms with Crippen molar-refractivity contribution in [2.45, 2.75) is 17.3 Å². The summed E-state index contributed by atoms with van der Waals surface area (Å²) in [5, 5.41) is 11.7. The molecule has 3 rings (SSSR count). The second kappa shape index (κ2) is 8.79. The number of carbonyl (C=O) groups excluding carboxylic acids is 1. The predicted octanol–water partition coefficient (Wildman–Crippen LogP) is 3.62. The molecule has 0 bridgehead atoms. The Bertz CT molecular complexity index is 959. The molecule has 0 radical (unpaired) electrons. The predicted molar refractivity (Wildman–Crippen MR) is 110 cm³/mol. The van der Waals surface area contributed by atoms with Crippen LogP contribution in [-0.2, 0) is 11.8 Å². The van der Waals surface area contributed by atoms with Crippen molar-refractivity contribution >= 4 is 23.4 Å². The molecule has 28 heavy (non-hydrogen) atoms. The lowest BCUT2D eigenvalue weighted by Crippen LogP contribution is -2.22. The highest BCUT2D eigenvalue weighted by Crippen LogP contribution is 2.31. The van der Waals surface area contributed by atoms with E-state index in [1.165, 1.54) is 11.8 Å². The van der Waals surface area contributed by atoms with Crippen LogP contribution in [0.5, 0.6) is 11.5 Å². The summed E-state index contributed by atoms with van der Waals surface area (Å²) in [6, 6.07) is 15.1. The lowest BCUT2D eigenvalue weighted by Gasteiger charge is -2.13. The summed E-state index contributed by atoms with van der Waals surface area (Å²) in [4.78, 5) is 12.6. The van der Waals surface area contributed by atoms with Gasteiger partial charge >= 0.3 is 0 Å². The van der Waals surface area contributed by atoms with E-state index in [0.717, 1.165) is 11.4 Å². The number of benzene rings is 2. The van der Waals surface area contributed by atoms with Crippen LogP contribution in [0.3, 0.4) is 0 Å². The van der Waals surface area contributed by atoms with Crippen molar-refractivity contribution in [1.29, 1.82) is 0 Å². The van der Waals surface area contributed by atoms with Gasteiger partial charge in [0, 0.05) is 24.4 Å². The summed E-state index contributed by atoms with van der Waals surface area (Å²) < 4.78 is 12.4. The first kappa shape index (κ1) is 19.8. The zero-order valence-electron chi connectivity index (χ0n) is 16.2. The average Bonchev–Trinajstić information content (AvgIpc) is 3.08. The topological polar surface area (TPSA) is 78.3 Å². The molecule has 1 atom stereocenters. The molecule has 0 saturated heterocycles. The third-order valence-electron chi connectivity index (χ3n) is 4.17. The minimum absolute atomic E-state index is 0.138. The number of methoxy groups -OCH3 is 2. The fraction of sp³-hybridized carbons (Fsp3) is 0.250. The molecule has 0 saturated carbocycles. The average molecular weight is 398 g/mol. The van der Waals surface area contributed by atoms with E-state index in [0.29, 0.717) is 22.3 Å². The Morgan fingerprint density at radius 1 is 1.07 bits per heavy atom. The highest BCUT2D eigenvalue weighted by atomic mass is 32.2. The lowest BCUT2D eigenvalue weighted by molar-refractivity contribution is -0.115. The molecule has 1 aromatic heterocycles. The number of carbonyl (C=O) groups is 1. The van der Waals surface area contributed by atoms with Gasteiger partial charge in [0.25, 0.3) is 0 Å². The summed E-state index contributed by atoms with van der Waals surface area (Å²) in [5.41, 5.74) is 1.62. The SMILES string of the molecule is COc1ccc(NC(=O)[C@H](C)Sc2nnc(-c3ccccc3)n2C)cc1OC. The second-order valence-corrected chi connectivity index (χ2v) is 7.36. The van der Waals surface area contributed by atoms with Crippen molar-refractivity contribution in [3.05, 3.63) is 48.5 Å². The number of nitrogens with zero attached hydrogens (tertiary/aromatic N) is 3. The summed E-state index contributed by atoms with van der Waals surface area (Å²) in [5.74, 6) is 1.79. The van der Waals surface area contributed by atoms with Crippen molar-refractivity contribution in [3.63, 3.8) is 0 Å². The molecule has 0 spiro atoms. The van der Waals surface area contributed by atoms with Gasteiger partial charge in [0.1, 0.15) is 0 Å². The molecule has 146 valence electrons. The van der Waals surface area contributed by atoms with Crippen molar-refractivity contribution in [2.24, 2.45) is 7.05 Å². The van der Waals surface area contributed by atoms with E-state index in [4.69, 9.17) is 9.47 Å². The van der Waals surface area contributed by atoms with Gasteiger partial charge in [-0.15, -0.1) is 10.2 Å². The van der Waals surface area contributed by atoms with Gasteiger partial charge in [-0.3, -0.25) is 4.79 Å². The molecule has 3 aromatic rings. The molecule has 2 aromatic carbocycles. The van der Waals surface area contributed by atoms with Crippen molar-refractivity contribution in [2.75, 3.05) is 19.5 Å². The Kier molecular flexibility index (Phi) is 6.20. The first-order chi connectivity index (χ1) is 13.5. The third-order valence-corrected chi connectivity index (χ3v) is 5.30. The van der Waals surface area contributed by atoms with E-state index < -0.39 is 0 Å². The molecule has 1 heterocycles. The largest absolute Gasteiger partial charge is 0.493 e. The maximum Gasteiger partial charge on any atom is 0.237 e. The highest BCUT2D eigenvalue weighted by molar-refractivity contribution is 8.00. The van der Waals surface area contributed by atoms with Gasteiger partial charge < -0.3 is 19.4 Å². The first-order valence-electron chi connectivity index (χ1n) is 8.68. The molecule has 1 amide bonds. The van der Waals surface area contributed by atoms with Crippen LogP contribution >= 0.6 is 11.8 Å². The summed E-state index contributed by atoms with van der Waals surface area (Å²) in [6.45, 7) is 1.83. The maximum atomic E-state index is 12.6. The monoisotopic (exact) mass is 398 g/mol. The molecule has 0 aliphatic rings. The normalized spacial score (nSPS) is 11.7. The lowest BCUT2D eigenvalue weighted by atomic mass is 10.2. The van der Waals surface area contributed by atoms with Crippen LogP contribution in [0.1, 0.15) is 6.92 Å². The Morgan fingerprint density at radius 3 is 2.46 bits per heavy atom. The fourth-order valence-corrected chi connectivity index (χ4v) is 3.44. The third kappa shape index (κ3) is 4.28. The minimum Gasteiger partial charge on any atom is -0.493 e. The van der Waals surface area contributed by atoms with Crippen molar-refractivity contribution < 1.29 is 14.3 Å². The van der Waals surface area contributed by atoms with E-state index >= 15 is 0 Å². The summed E-state index contributed by atoms with van der Waals surface area (Å²) in [6.07, 6.45) is 0. The Hall–Kier alpha value is -3.00. The molecular weight excluding hydrogens is 376 g/mol. The number of nitrogens with one attached hydrogen (secondary N) is 1. The number of thioether (sulfide) groups is 1. The van der Waals surface area contributed by atoms with Crippen LogP contribution in [0.4, 0.5) is 5.69 Å². The number of aromatic nitrogens is 3. The van der Waals surface area contributed by atoms with Crippen LogP contribution in [0, 0.1) is 0 Å². The molecule has 0 unspecified atom stereocenters. The Labute approximate surface area is 168 Å². The van der Waals surface area contributed by atoms with Gasteiger partial charge in [0.05, 0.1) is 19.5 Å². The quantitative estimate of drug-likeness (QED) is 0.613. The summed E-state index contributed by atoms with van der Waals surface area (Å²) in [7, 11) is 5.02. The molecule has 7 nitrogen and oxygen atoms in total. The van der Waals surface area contributed by atoms with E-state index in [2.05, 4.69) is 15.5 Å². The molecule has 0 aliphatic carbocycles. The van der Waals surface area contributed by atoms with Crippen LogP contribution in [0.2, 0.25) is 0 Å². The van der Waals surface area contributed by atoms with E-state index in [9.17, 15) is 4.79 Å². The number of hydrogen-bond donors (Lipinski definition) is 1. The van der Waals surface area contributed by atoms with Crippen molar-refractivity contribution in [3.8, 4) is 22.9 Å². The second-order valence-electron chi connectivity index (χ2n) is 6.05. The smallest absolute Gasteiger partial charge is 0.237 e. The zero-order chi connectivity index (χ0) is 20.1. The molecule has 0 fully saturated rings. The van der Waals surface area contributed by atoms with Crippen LogP contribution < -0.4 is 14.8 Å². The fourth-order valence-electron chi connectivity index (χ4n) is 2.63. The van der Waals surface area contributed by atoms with Gasteiger partial charge in [0.2, 0.25) is 5.91 Å². The molecular formula is C20H22N4O3S. The number of rotatable bonds is 7. The Balaban J connectivity index is 1.69. The van der Waals surface area contributed by atoms with Gasteiger partial charge in [0.15, 0.2) is 22.5 Å². The van der Waals surface area contributed by atoms with Crippen LogP contribution in [0.25, 0.3) is 11.4 Å². The van der Waals surface area contributed by atoms with Crippen LogP contribution in [0.15, 0.2) is 53.7 Å². The number of amides is 1. The maximum absolute atomic E-state index is 12.6. The van der Waals surface area contributed by atoms with Gasteiger partial charge in [-0.25, -0.2) is 0 Å². The number of hydrogen-bond acceptors (Lipinski definition) is 6. The van der Waals surface area contributed by atoms with E-state index in [-0.39, 0.29) is 11.2 Å². The van der Waals surface area contributed by atoms with Gasteiger partial charge in [-0.05, 0) is 19.1 Å².